The molecule has 5 nitrogen and oxygen atoms in total. The Labute approximate surface area is 173 Å². The number of Topliss-reactive ketones (excluding diaryl/α,β-unsaturated/α-hetero) is 1. The van der Waals surface area contributed by atoms with Crippen LogP contribution >= 0.6 is 0 Å². The van der Waals surface area contributed by atoms with Crippen LogP contribution in [0.3, 0.4) is 0 Å². The second-order valence-corrected chi connectivity index (χ2v) is 7.15. The summed E-state index contributed by atoms with van der Waals surface area (Å²) < 4.78 is 19.6. The molecule has 2 heterocycles. The van der Waals surface area contributed by atoms with Crippen molar-refractivity contribution in [1.82, 2.24) is 0 Å². The number of rotatable bonds is 4. The first-order chi connectivity index (χ1) is 14.4. The van der Waals surface area contributed by atoms with E-state index in [1.807, 2.05) is 19.1 Å². The predicted molar refractivity (Wildman–Crippen MR) is 110 cm³/mol. The van der Waals surface area contributed by atoms with E-state index in [0.29, 0.717) is 17.1 Å². The second kappa shape index (κ2) is 7.63. The van der Waals surface area contributed by atoms with Crippen molar-refractivity contribution in [3.8, 4) is 0 Å². The normalized spacial score (nSPS) is 18.2. The lowest BCUT2D eigenvalue weighted by molar-refractivity contribution is -0.132. The van der Waals surface area contributed by atoms with Gasteiger partial charge < -0.3 is 9.52 Å². The highest BCUT2D eigenvalue weighted by Crippen LogP contribution is 2.42. The van der Waals surface area contributed by atoms with Gasteiger partial charge in [-0.05, 0) is 49.2 Å². The second-order valence-electron chi connectivity index (χ2n) is 7.15. The van der Waals surface area contributed by atoms with Crippen LogP contribution < -0.4 is 4.90 Å². The highest BCUT2D eigenvalue weighted by atomic mass is 19.1. The van der Waals surface area contributed by atoms with Crippen LogP contribution in [-0.4, -0.2) is 16.8 Å². The van der Waals surface area contributed by atoms with Crippen LogP contribution in [0.5, 0.6) is 0 Å². The molecular weight excluding hydrogens is 385 g/mol. The summed E-state index contributed by atoms with van der Waals surface area (Å²) in [6, 6.07) is 14.9. The first-order valence-electron chi connectivity index (χ1n) is 9.63. The lowest BCUT2D eigenvalue weighted by atomic mass is 9.98. The summed E-state index contributed by atoms with van der Waals surface area (Å²) in [5.41, 5.74) is 1.60. The van der Waals surface area contributed by atoms with Crippen molar-refractivity contribution in [3.05, 3.63) is 94.7 Å². The van der Waals surface area contributed by atoms with Crippen LogP contribution in [0.25, 0.3) is 5.76 Å². The van der Waals surface area contributed by atoms with E-state index in [0.717, 1.165) is 16.9 Å². The lowest BCUT2D eigenvalue weighted by Gasteiger charge is -2.23. The van der Waals surface area contributed by atoms with Crippen molar-refractivity contribution < 1.29 is 23.5 Å². The smallest absolute Gasteiger partial charge is 0.300 e. The number of carbonyl (C=O) groups is 2. The molecule has 1 aromatic heterocycles. The number of ketones is 1. The van der Waals surface area contributed by atoms with E-state index in [9.17, 15) is 19.1 Å². The molecule has 1 amide bonds. The van der Waals surface area contributed by atoms with Crippen molar-refractivity contribution in [1.29, 1.82) is 0 Å². The Hall–Kier alpha value is -3.67. The average Bonchev–Trinajstić information content (AvgIpc) is 3.28. The van der Waals surface area contributed by atoms with E-state index >= 15 is 0 Å². The third-order valence-corrected chi connectivity index (χ3v) is 5.20. The molecule has 1 N–H and O–H groups in total. The van der Waals surface area contributed by atoms with Gasteiger partial charge in [0.25, 0.3) is 11.7 Å². The molecular formula is C24H20FNO4. The highest BCUT2D eigenvalue weighted by Gasteiger charge is 2.48. The molecule has 0 aliphatic carbocycles. The zero-order valence-corrected chi connectivity index (χ0v) is 16.6. The third-order valence-electron chi connectivity index (χ3n) is 5.20. The molecule has 1 saturated heterocycles. The number of hydrogen-bond donors (Lipinski definition) is 1. The van der Waals surface area contributed by atoms with E-state index in [4.69, 9.17) is 4.42 Å². The van der Waals surface area contributed by atoms with Crippen LogP contribution in [0, 0.1) is 12.7 Å². The van der Waals surface area contributed by atoms with Gasteiger partial charge in [-0.25, -0.2) is 4.39 Å². The first kappa shape index (κ1) is 19.6. The lowest BCUT2D eigenvalue weighted by Crippen LogP contribution is -2.29. The Bertz CT molecular complexity index is 1160. The van der Waals surface area contributed by atoms with E-state index in [-0.39, 0.29) is 17.0 Å². The molecule has 2 aromatic carbocycles. The molecule has 4 rings (SSSR count). The number of benzene rings is 2. The minimum Gasteiger partial charge on any atom is -0.507 e. The molecule has 1 aliphatic heterocycles. The Morgan fingerprint density at radius 3 is 2.43 bits per heavy atom. The van der Waals surface area contributed by atoms with Crippen molar-refractivity contribution in [2.75, 3.05) is 4.90 Å². The van der Waals surface area contributed by atoms with Crippen LogP contribution in [0.4, 0.5) is 10.1 Å². The zero-order valence-electron chi connectivity index (χ0n) is 16.6. The minimum absolute atomic E-state index is 0.0946. The quantitative estimate of drug-likeness (QED) is 0.380. The van der Waals surface area contributed by atoms with Gasteiger partial charge in [-0.3, -0.25) is 14.5 Å². The monoisotopic (exact) mass is 405 g/mol. The molecule has 1 aliphatic rings. The van der Waals surface area contributed by atoms with E-state index in [1.54, 1.807) is 31.2 Å². The molecule has 0 saturated carbocycles. The molecule has 3 aromatic rings. The van der Waals surface area contributed by atoms with Gasteiger partial charge in [-0.2, -0.15) is 0 Å². The largest absolute Gasteiger partial charge is 0.507 e. The third kappa shape index (κ3) is 3.30. The summed E-state index contributed by atoms with van der Waals surface area (Å²) >= 11 is 0. The fourth-order valence-corrected chi connectivity index (χ4v) is 3.65. The number of aliphatic hydroxyl groups excluding tert-OH is 1. The van der Waals surface area contributed by atoms with Crippen LogP contribution in [0.2, 0.25) is 0 Å². The summed E-state index contributed by atoms with van der Waals surface area (Å²) in [6.07, 6.45) is 0.830. The van der Waals surface area contributed by atoms with E-state index in [2.05, 4.69) is 0 Å². The summed E-state index contributed by atoms with van der Waals surface area (Å²) in [4.78, 5) is 27.0. The Morgan fingerprint density at radius 2 is 1.83 bits per heavy atom. The van der Waals surface area contributed by atoms with Crippen LogP contribution in [0.15, 0.2) is 70.7 Å². The van der Waals surface area contributed by atoms with Gasteiger partial charge in [0.2, 0.25) is 0 Å². The maximum Gasteiger partial charge on any atom is 0.300 e. The maximum atomic E-state index is 13.9. The Morgan fingerprint density at radius 1 is 1.10 bits per heavy atom. The van der Waals surface area contributed by atoms with E-state index in [1.165, 1.54) is 24.3 Å². The summed E-state index contributed by atoms with van der Waals surface area (Å²) in [5.74, 6) is -1.65. The molecule has 6 heteroatoms. The maximum absolute atomic E-state index is 13.9. The minimum atomic E-state index is -1.01. The molecule has 0 radical (unpaired) electrons. The van der Waals surface area contributed by atoms with Crippen molar-refractivity contribution in [2.24, 2.45) is 0 Å². The van der Waals surface area contributed by atoms with Gasteiger partial charge in [0, 0.05) is 11.3 Å². The van der Waals surface area contributed by atoms with Gasteiger partial charge in [-0.1, -0.05) is 37.3 Å². The molecule has 152 valence electrons. The van der Waals surface area contributed by atoms with Crippen LogP contribution in [-0.2, 0) is 16.0 Å². The molecule has 1 fully saturated rings. The predicted octanol–water partition coefficient (Wildman–Crippen LogP) is 4.92. The molecule has 30 heavy (non-hydrogen) atoms. The fraction of sp³-hybridized carbons (Fsp3) is 0.167. The van der Waals surface area contributed by atoms with Crippen molar-refractivity contribution in [2.45, 2.75) is 26.3 Å². The Balaban J connectivity index is 1.91. The number of aliphatic hydroxyl groups is 1. The van der Waals surface area contributed by atoms with Gasteiger partial charge in [-0.15, -0.1) is 0 Å². The number of amides is 1. The van der Waals surface area contributed by atoms with Gasteiger partial charge in [0.1, 0.15) is 29.1 Å². The summed E-state index contributed by atoms with van der Waals surface area (Å²) in [6.45, 7) is 3.75. The summed E-state index contributed by atoms with van der Waals surface area (Å²) in [5, 5.41) is 11.0. The average molecular weight is 405 g/mol. The van der Waals surface area contributed by atoms with Gasteiger partial charge in [0.05, 0.1) is 5.57 Å². The van der Waals surface area contributed by atoms with E-state index < -0.39 is 23.5 Å². The molecule has 0 spiro atoms. The first-order valence-corrected chi connectivity index (χ1v) is 9.63. The number of halogens is 1. The number of hydrogen-bond acceptors (Lipinski definition) is 4. The topological polar surface area (TPSA) is 70.8 Å². The number of anilines is 1. The number of aryl methyl sites for hydroxylation is 2. The van der Waals surface area contributed by atoms with Crippen molar-refractivity contribution in [3.63, 3.8) is 0 Å². The molecule has 0 bridgehead atoms. The van der Waals surface area contributed by atoms with Crippen molar-refractivity contribution >= 4 is 23.1 Å². The SMILES string of the molecule is CCc1ccc(/C(O)=C2/C(=O)C(=O)N(c3cccc(F)c3)C2c2ccc(C)o2)cc1. The molecule has 1 atom stereocenters. The molecule has 1 unspecified atom stereocenters. The zero-order chi connectivity index (χ0) is 21.4. The number of furan rings is 1. The number of carbonyl (C=O) groups excluding carboxylic acids is 2. The highest BCUT2D eigenvalue weighted by molar-refractivity contribution is 6.51. The standard InChI is InChI=1S/C24H20FNO4/c1-3-15-8-10-16(11-9-15)22(27)20-21(19-12-7-14(2)30-19)26(24(29)23(20)28)18-6-4-5-17(25)13-18/h4-13,21,27H,3H2,1-2H3/b22-20-. The van der Waals surface area contributed by atoms with Gasteiger partial charge in [0.15, 0.2) is 0 Å². The summed E-state index contributed by atoms with van der Waals surface area (Å²) in [7, 11) is 0. The fourth-order valence-electron chi connectivity index (χ4n) is 3.65. The van der Waals surface area contributed by atoms with Gasteiger partial charge >= 0.3 is 0 Å². The Kier molecular flexibility index (Phi) is 4.99. The number of nitrogens with zero attached hydrogens (tertiary/aromatic N) is 1. The van der Waals surface area contributed by atoms with Crippen LogP contribution in [0.1, 0.15) is 35.6 Å².